The van der Waals surface area contributed by atoms with Gasteiger partial charge in [-0.15, -0.1) is 6.42 Å². The van der Waals surface area contributed by atoms with Gasteiger partial charge in [-0.3, -0.25) is 0 Å². The van der Waals surface area contributed by atoms with Gasteiger partial charge >= 0.3 is 0 Å². The Kier molecular flexibility index (Phi) is 3.09. The second-order valence-corrected chi connectivity index (χ2v) is 5.62. The number of rotatable bonds is 2. The third kappa shape index (κ3) is 2.22. The zero-order valence-electron chi connectivity index (χ0n) is 9.37. The van der Waals surface area contributed by atoms with Crippen molar-refractivity contribution < 1.29 is 13.5 Å². The Balaban J connectivity index is 2.55. The Hall–Kier alpha value is -2.25. The summed E-state index contributed by atoms with van der Waals surface area (Å²) in [5.74, 6) is 2.42. The highest BCUT2D eigenvalue weighted by atomic mass is 32.2. The van der Waals surface area contributed by atoms with Crippen molar-refractivity contribution in [1.82, 2.24) is 0 Å². The maximum absolute atomic E-state index is 12.3. The Morgan fingerprint density at radius 1 is 1.00 bits per heavy atom. The second-order valence-electron chi connectivity index (χ2n) is 3.67. The van der Waals surface area contributed by atoms with E-state index >= 15 is 0 Å². The van der Waals surface area contributed by atoms with Crippen LogP contribution in [0, 0.1) is 12.3 Å². The van der Waals surface area contributed by atoms with Crippen molar-refractivity contribution in [3.05, 3.63) is 54.1 Å². The van der Waals surface area contributed by atoms with Gasteiger partial charge in [-0.2, -0.15) is 0 Å². The molecule has 0 bridgehead atoms. The molecule has 2 aromatic rings. The molecule has 0 amide bonds. The zero-order valence-corrected chi connectivity index (χ0v) is 10.2. The SMILES string of the molecule is C#Cc1cccc(S(=O)(=O)c2ccc(O)cc2)c1. The normalized spacial score (nSPS) is 10.8. The molecule has 1 N–H and O–H groups in total. The van der Waals surface area contributed by atoms with Crippen LogP contribution in [0.25, 0.3) is 0 Å². The molecule has 0 spiro atoms. The summed E-state index contributed by atoms with van der Waals surface area (Å²) in [5, 5.41) is 9.15. The molecule has 0 saturated heterocycles. The van der Waals surface area contributed by atoms with Gasteiger partial charge < -0.3 is 5.11 Å². The van der Waals surface area contributed by atoms with Crippen LogP contribution >= 0.6 is 0 Å². The van der Waals surface area contributed by atoms with Crippen LogP contribution in [0.3, 0.4) is 0 Å². The maximum atomic E-state index is 12.3. The van der Waals surface area contributed by atoms with Crippen LogP contribution in [0.15, 0.2) is 58.3 Å². The Morgan fingerprint density at radius 3 is 2.28 bits per heavy atom. The van der Waals surface area contributed by atoms with Gasteiger partial charge in [0, 0.05) is 5.56 Å². The first-order chi connectivity index (χ1) is 8.54. The van der Waals surface area contributed by atoms with Crippen LogP contribution in [0.5, 0.6) is 5.75 Å². The molecule has 90 valence electrons. The van der Waals surface area contributed by atoms with E-state index in [0.29, 0.717) is 5.56 Å². The lowest BCUT2D eigenvalue weighted by molar-refractivity contribution is 0.475. The van der Waals surface area contributed by atoms with Gasteiger partial charge in [0.1, 0.15) is 5.75 Å². The number of benzene rings is 2. The molecule has 0 aromatic heterocycles. The van der Waals surface area contributed by atoms with Crippen LogP contribution < -0.4 is 0 Å². The van der Waals surface area contributed by atoms with Crippen LogP contribution in [0.1, 0.15) is 5.56 Å². The van der Waals surface area contributed by atoms with Crippen molar-refractivity contribution in [2.45, 2.75) is 9.79 Å². The molecule has 3 nitrogen and oxygen atoms in total. The molecule has 0 unspecified atom stereocenters. The second kappa shape index (κ2) is 4.55. The predicted octanol–water partition coefficient (Wildman–Crippen LogP) is 2.21. The van der Waals surface area contributed by atoms with Crippen LogP contribution in [0.2, 0.25) is 0 Å². The smallest absolute Gasteiger partial charge is 0.206 e. The summed E-state index contributed by atoms with van der Waals surface area (Å²) >= 11 is 0. The fourth-order valence-corrected chi connectivity index (χ4v) is 2.82. The first-order valence-electron chi connectivity index (χ1n) is 5.15. The first-order valence-corrected chi connectivity index (χ1v) is 6.63. The largest absolute Gasteiger partial charge is 0.508 e. The average Bonchev–Trinajstić information content (AvgIpc) is 2.39. The van der Waals surface area contributed by atoms with Gasteiger partial charge in [0.25, 0.3) is 0 Å². The van der Waals surface area contributed by atoms with Crippen LogP contribution in [0.4, 0.5) is 0 Å². The van der Waals surface area contributed by atoms with E-state index in [1.807, 2.05) is 0 Å². The van der Waals surface area contributed by atoms with Crippen molar-refractivity contribution in [2.24, 2.45) is 0 Å². The van der Waals surface area contributed by atoms with Crippen LogP contribution in [-0.2, 0) is 9.84 Å². The quantitative estimate of drug-likeness (QED) is 0.840. The number of hydrogen-bond donors (Lipinski definition) is 1. The van der Waals surface area contributed by atoms with E-state index in [2.05, 4.69) is 5.92 Å². The summed E-state index contributed by atoms with van der Waals surface area (Å²) < 4.78 is 24.5. The number of aromatic hydroxyl groups is 1. The van der Waals surface area contributed by atoms with Crippen molar-refractivity contribution in [1.29, 1.82) is 0 Å². The molecule has 2 rings (SSSR count). The summed E-state index contributed by atoms with van der Waals surface area (Å²) in [4.78, 5) is 0.262. The lowest BCUT2D eigenvalue weighted by Crippen LogP contribution is -2.01. The topological polar surface area (TPSA) is 54.4 Å². The molecule has 18 heavy (non-hydrogen) atoms. The molecule has 4 heteroatoms. The van der Waals surface area contributed by atoms with E-state index < -0.39 is 9.84 Å². The number of terminal acetylenes is 1. The van der Waals surface area contributed by atoms with Crippen LogP contribution in [-0.4, -0.2) is 13.5 Å². The highest BCUT2D eigenvalue weighted by Gasteiger charge is 2.17. The van der Waals surface area contributed by atoms with E-state index in [1.165, 1.54) is 36.4 Å². The molecular weight excluding hydrogens is 248 g/mol. The van der Waals surface area contributed by atoms with Crippen molar-refractivity contribution >= 4 is 9.84 Å². The van der Waals surface area contributed by atoms with Gasteiger partial charge in [0.15, 0.2) is 0 Å². The zero-order chi connectivity index (χ0) is 13.2. The van der Waals surface area contributed by atoms with Gasteiger partial charge in [0.2, 0.25) is 9.84 Å². The minimum Gasteiger partial charge on any atom is -0.508 e. The monoisotopic (exact) mass is 258 g/mol. The third-order valence-electron chi connectivity index (χ3n) is 2.46. The highest BCUT2D eigenvalue weighted by molar-refractivity contribution is 7.91. The fourth-order valence-electron chi connectivity index (χ4n) is 1.51. The summed E-state index contributed by atoms with van der Waals surface area (Å²) in [6.07, 6.45) is 5.24. The molecule has 0 atom stereocenters. The van der Waals surface area contributed by atoms with Crippen molar-refractivity contribution in [3.63, 3.8) is 0 Å². The Bertz CT molecular complexity index is 707. The fraction of sp³-hybridized carbons (Fsp3) is 0. The summed E-state index contributed by atoms with van der Waals surface area (Å²) in [6, 6.07) is 11.6. The Labute approximate surface area is 106 Å². The summed E-state index contributed by atoms with van der Waals surface area (Å²) in [6.45, 7) is 0. The van der Waals surface area contributed by atoms with Gasteiger partial charge in [0.05, 0.1) is 9.79 Å². The molecule has 0 aliphatic rings. The summed E-state index contributed by atoms with van der Waals surface area (Å²) in [7, 11) is -3.59. The molecule has 0 radical (unpaired) electrons. The molecule has 0 aliphatic carbocycles. The minimum atomic E-state index is -3.59. The van der Waals surface area contributed by atoms with Gasteiger partial charge in [-0.25, -0.2) is 8.42 Å². The standard InChI is InChI=1S/C14H10O3S/c1-2-11-4-3-5-14(10-11)18(16,17)13-8-6-12(15)7-9-13/h1,3-10,15H. The van der Waals surface area contributed by atoms with E-state index in [1.54, 1.807) is 12.1 Å². The molecule has 0 fully saturated rings. The molecule has 0 saturated carbocycles. The molecule has 2 aromatic carbocycles. The Morgan fingerprint density at radius 2 is 1.67 bits per heavy atom. The molecular formula is C14H10O3S. The maximum Gasteiger partial charge on any atom is 0.206 e. The highest BCUT2D eigenvalue weighted by Crippen LogP contribution is 2.23. The van der Waals surface area contributed by atoms with Crippen molar-refractivity contribution in [3.8, 4) is 18.1 Å². The number of sulfone groups is 1. The van der Waals surface area contributed by atoms with Crippen molar-refractivity contribution in [2.75, 3.05) is 0 Å². The van der Waals surface area contributed by atoms with Gasteiger partial charge in [-0.1, -0.05) is 12.0 Å². The molecule has 0 aliphatic heterocycles. The third-order valence-corrected chi connectivity index (χ3v) is 4.23. The first kappa shape index (κ1) is 12.2. The van der Waals surface area contributed by atoms with E-state index in [9.17, 15) is 8.42 Å². The minimum absolute atomic E-state index is 0.0197. The molecule has 0 heterocycles. The van der Waals surface area contributed by atoms with E-state index in [-0.39, 0.29) is 15.5 Å². The summed E-state index contributed by atoms with van der Waals surface area (Å²) in [5.41, 5.74) is 0.509. The predicted molar refractivity (Wildman–Crippen MR) is 67.9 cm³/mol. The number of hydrogen-bond acceptors (Lipinski definition) is 3. The number of phenolic OH excluding ortho intramolecular Hbond substituents is 1. The number of phenols is 1. The lowest BCUT2D eigenvalue weighted by atomic mass is 10.2. The average molecular weight is 258 g/mol. The lowest BCUT2D eigenvalue weighted by Gasteiger charge is -2.05. The van der Waals surface area contributed by atoms with E-state index in [0.717, 1.165) is 0 Å². The van der Waals surface area contributed by atoms with Gasteiger partial charge in [-0.05, 0) is 42.5 Å². The van der Waals surface area contributed by atoms with E-state index in [4.69, 9.17) is 11.5 Å².